The van der Waals surface area contributed by atoms with E-state index in [2.05, 4.69) is 5.32 Å². The summed E-state index contributed by atoms with van der Waals surface area (Å²) in [7, 11) is 1.75. The molecule has 1 amide bonds. The Balaban J connectivity index is 1.36. The third-order valence-electron chi connectivity index (χ3n) is 7.00. The molecule has 0 radical (unpaired) electrons. The molecule has 0 aromatic carbocycles. The van der Waals surface area contributed by atoms with Gasteiger partial charge in [-0.25, -0.2) is 4.98 Å². The highest BCUT2D eigenvalue weighted by Crippen LogP contribution is 2.80. The molecule has 3 aromatic heterocycles. The number of amides is 1. The van der Waals surface area contributed by atoms with Crippen molar-refractivity contribution in [2.45, 2.75) is 62.7 Å². The van der Waals surface area contributed by atoms with Crippen LogP contribution in [0, 0.1) is 0 Å². The van der Waals surface area contributed by atoms with E-state index in [4.69, 9.17) is 14.5 Å². The van der Waals surface area contributed by atoms with Gasteiger partial charge in [0.15, 0.2) is 0 Å². The number of nitrogens with one attached hydrogen (secondary N) is 1. The summed E-state index contributed by atoms with van der Waals surface area (Å²) in [6, 6.07) is 5.46. The molecule has 0 bridgehead atoms. The number of hydrogen-bond acceptors (Lipinski definition) is 5. The van der Waals surface area contributed by atoms with Crippen molar-refractivity contribution in [2.75, 3.05) is 12.4 Å². The zero-order valence-corrected chi connectivity index (χ0v) is 18.4. The lowest BCUT2D eigenvalue weighted by molar-refractivity contribution is 0.102. The molecule has 166 valence electrons. The number of methoxy groups -OCH3 is 1. The molecule has 1 N–H and O–H groups in total. The Bertz CT molecular complexity index is 1310. The molecule has 3 aliphatic carbocycles. The molecule has 0 saturated heterocycles. The van der Waals surface area contributed by atoms with Crippen LogP contribution in [0.2, 0.25) is 0 Å². The summed E-state index contributed by atoms with van der Waals surface area (Å²) < 4.78 is 15.2. The Hall–Kier alpha value is -3.13. The molecule has 32 heavy (non-hydrogen) atoms. The maximum Gasteiger partial charge on any atom is 0.274 e. The number of carbonyl (C=O) groups excluding carboxylic acids is 1. The molecule has 3 saturated carbocycles. The number of hydrogen-bond donors (Lipinski definition) is 1. The number of nitrogens with zero attached hydrogens (tertiary/aromatic N) is 3. The summed E-state index contributed by atoms with van der Waals surface area (Å²) in [6.45, 7) is 3.82. The van der Waals surface area contributed by atoms with Crippen LogP contribution in [0.15, 0.2) is 41.6 Å². The first-order chi connectivity index (χ1) is 15.4. The fourth-order valence-corrected chi connectivity index (χ4v) is 4.79. The van der Waals surface area contributed by atoms with Crippen LogP contribution in [0.3, 0.4) is 0 Å². The quantitative estimate of drug-likeness (QED) is 0.617. The van der Waals surface area contributed by atoms with Gasteiger partial charge in [-0.15, -0.1) is 0 Å². The van der Waals surface area contributed by atoms with Gasteiger partial charge in [-0.3, -0.25) is 9.59 Å². The van der Waals surface area contributed by atoms with Crippen molar-refractivity contribution in [2.24, 2.45) is 0 Å². The van der Waals surface area contributed by atoms with Crippen molar-refractivity contribution in [1.82, 2.24) is 14.0 Å². The standard InChI is InChI=1S/C24H26N4O4/c1-14(2)32-18-9-20-26-19(23-12-24(23,13-23)31-3)11-27(20)10-16(18)21(29)25-17-5-4-8-28(22(17)30)15-6-7-15/h4-5,8-11,14-15H,6-7,12-13H2,1-3H3,(H,25,29). The van der Waals surface area contributed by atoms with E-state index in [-0.39, 0.29) is 40.3 Å². The van der Waals surface area contributed by atoms with Crippen LogP contribution in [0.4, 0.5) is 5.69 Å². The predicted octanol–water partition coefficient (Wildman–Crippen LogP) is 3.30. The van der Waals surface area contributed by atoms with Crippen molar-refractivity contribution < 1.29 is 14.3 Å². The molecule has 3 aromatic rings. The zero-order valence-electron chi connectivity index (χ0n) is 18.4. The summed E-state index contributed by atoms with van der Waals surface area (Å²) >= 11 is 0. The van der Waals surface area contributed by atoms with E-state index < -0.39 is 0 Å². The van der Waals surface area contributed by atoms with E-state index in [0.29, 0.717) is 11.3 Å². The molecule has 0 aliphatic heterocycles. The summed E-state index contributed by atoms with van der Waals surface area (Å²) in [5.74, 6) is 0.0633. The normalized spacial score (nSPS) is 25.6. The van der Waals surface area contributed by atoms with Gasteiger partial charge < -0.3 is 23.8 Å². The number of aromatic nitrogens is 3. The molecule has 0 atom stereocenters. The van der Waals surface area contributed by atoms with E-state index in [1.807, 2.05) is 24.4 Å². The van der Waals surface area contributed by atoms with Crippen molar-refractivity contribution >= 4 is 17.2 Å². The Morgan fingerprint density at radius 1 is 1.28 bits per heavy atom. The third-order valence-corrected chi connectivity index (χ3v) is 7.00. The van der Waals surface area contributed by atoms with Crippen molar-refractivity contribution in [3.8, 4) is 5.75 Å². The van der Waals surface area contributed by atoms with Gasteiger partial charge >= 0.3 is 0 Å². The predicted molar refractivity (Wildman–Crippen MR) is 119 cm³/mol. The SMILES string of the molecule is COC12CC1(c1cn3cc(C(=O)Nc4cccn(C5CC5)c4=O)c(OC(C)C)cc3n1)C2. The Morgan fingerprint density at radius 3 is 2.72 bits per heavy atom. The Kier molecular flexibility index (Phi) is 3.94. The summed E-state index contributed by atoms with van der Waals surface area (Å²) in [5, 5.41) is 2.79. The summed E-state index contributed by atoms with van der Waals surface area (Å²) in [6.07, 6.45) is 9.34. The topological polar surface area (TPSA) is 86.9 Å². The second-order valence-corrected chi connectivity index (χ2v) is 9.56. The maximum atomic E-state index is 13.2. The van der Waals surface area contributed by atoms with E-state index in [1.54, 1.807) is 42.3 Å². The number of rotatable bonds is 7. The minimum absolute atomic E-state index is 0.0210. The number of ether oxygens (including phenoxy) is 2. The number of imidazole rings is 1. The first-order valence-electron chi connectivity index (χ1n) is 11.1. The molecule has 0 unspecified atom stereocenters. The molecule has 3 heterocycles. The van der Waals surface area contributed by atoms with Gasteiger partial charge in [0.05, 0.1) is 23.0 Å². The summed E-state index contributed by atoms with van der Waals surface area (Å²) in [4.78, 5) is 30.8. The molecular weight excluding hydrogens is 408 g/mol. The van der Waals surface area contributed by atoms with Gasteiger partial charge in [-0.05, 0) is 51.7 Å². The average Bonchev–Trinajstić information content (AvgIpc) is 3.66. The number of anilines is 1. The number of pyridine rings is 2. The van der Waals surface area contributed by atoms with Crippen molar-refractivity contribution in [3.63, 3.8) is 0 Å². The lowest BCUT2D eigenvalue weighted by Gasteiger charge is -2.15. The third kappa shape index (κ3) is 2.82. The zero-order chi connectivity index (χ0) is 22.3. The van der Waals surface area contributed by atoms with Crippen LogP contribution in [-0.2, 0) is 10.2 Å². The number of fused-ring (bicyclic) bond motifs is 2. The van der Waals surface area contributed by atoms with Gasteiger partial charge in [0.25, 0.3) is 11.5 Å². The lowest BCUT2D eigenvalue weighted by atomic mass is 10.1. The molecule has 0 spiro atoms. The smallest absolute Gasteiger partial charge is 0.274 e. The lowest BCUT2D eigenvalue weighted by Crippen LogP contribution is -2.25. The number of carbonyl (C=O) groups is 1. The summed E-state index contributed by atoms with van der Waals surface area (Å²) in [5.41, 5.74) is 2.14. The second-order valence-electron chi connectivity index (χ2n) is 9.56. The van der Waals surface area contributed by atoms with Crippen LogP contribution >= 0.6 is 0 Å². The highest BCUT2D eigenvalue weighted by Gasteiger charge is 2.86. The molecular formula is C24H26N4O4. The van der Waals surface area contributed by atoms with Gasteiger partial charge in [-0.1, -0.05) is 0 Å². The first-order valence-corrected chi connectivity index (χ1v) is 11.1. The fraction of sp³-hybridized carbons (Fsp3) is 0.458. The largest absolute Gasteiger partial charge is 0.490 e. The highest BCUT2D eigenvalue weighted by atomic mass is 16.5. The van der Waals surface area contributed by atoms with Crippen LogP contribution in [-0.4, -0.2) is 38.7 Å². The van der Waals surface area contributed by atoms with Gasteiger partial charge in [-0.2, -0.15) is 0 Å². The molecule has 8 heteroatoms. The van der Waals surface area contributed by atoms with E-state index >= 15 is 0 Å². The second kappa shape index (κ2) is 6.45. The average molecular weight is 434 g/mol. The highest BCUT2D eigenvalue weighted by molar-refractivity contribution is 6.06. The molecule has 8 nitrogen and oxygen atoms in total. The Labute approximate surface area is 185 Å². The van der Waals surface area contributed by atoms with Gasteiger partial charge in [0, 0.05) is 43.2 Å². The van der Waals surface area contributed by atoms with Crippen molar-refractivity contribution in [1.29, 1.82) is 0 Å². The van der Waals surface area contributed by atoms with Gasteiger partial charge in [0.1, 0.15) is 17.1 Å². The molecule has 3 aliphatic rings. The van der Waals surface area contributed by atoms with Crippen LogP contribution < -0.4 is 15.6 Å². The van der Waals surface area contributed by atoms with E-state index in [9.17, 15) is 9.59 Å². The van der Waals surface area contributed by atoms with Crippen molar-refractivity contribution in [3.05, 3.63) is 58.4 Å². The molecule has 6 rings (SSSR count). The van der Waals surface area contributed by atoms with E-state index in [1.165, 1.54) is 0 Å². The minimum Gasteiger partial charge on any atom is -0.490 e. The molecule has 3 fully saturated rings. The van der Waals surface area contributed by atoms with E-state index in [0.717, 1.165) is 37.0 Å². The van der Waals surface area contributed by atoms with Crippen LogP contribution in [0.1, 0.15) is 61.6 Å². The fourth-order valence-electron chi connectivity index (χ4n) is 4.79. The monoisotopic (exact) mass is 434 g/mol. The van der Waals surface area contributed by atoms with Gasteiger partial charge in [0.2, 0.25) is 0 Å². The van der Waals surface area contributed by atoms with Crippen LogP contribution in [0.5, 0.6) is 5.75 Å². The Morgan fingerprint density at radius 2 is 2.06 bits per heavy atom. The minimum atomic E-state index is -0.384. The maximum absolute atomic E-state index is 13.2. The van der Waals surface area contributed by atoms with Crippen LogP contribution in [0.25, 0.3) is 5.65 Å². The first kappa shape index (κ1) is 19.5.